The van der Waals surface area contributed by atoms with Gasteiger partial charge in [0.2, 0.25) is 0 Å². The number of aromatic nitrogens is 1. The fourth-order valence-electron chi connectivity index (χ4n) is 1.59. The quantitative estimate of drug-likeness (QED) is 0.861. The number of oxazole rings is 1. The predicted octanol–water partition coefficient (Wildman–Crippen LogP) is 2.46. The number of aliphatic carboxylic acids is 1. The van der Waals surface area contributed by atoms with Gasteiger partial charge >= 0.3 is 5.97 Å². The highest BCUT2D eigenvalue weighted by atomic mass is 16.4. The van der Waals surface area contributed by atoms with Crippen molar-refractivity contribution >= 4 is 17.1 Å². The number of fused-ring (bicyclic) bond motifs is 1. The van der Waals surface area contributed by atoms with Gasteiger partial charge in [0.05, 0.1) is 6.42 Å². The summed E-state index contributed by atoms with van der Waals surface area (Å²) in [5.41, 5.74) is 3.77. The monoisotopic (exact) mass is 219 g/mol. The molecule has 1 aromatic heterocycles. The van der Waals surface area contributed by atoms with Gasteiger partial charge in [0, 0.05) is 6.42 Å². The van der Waals surface area contributed by atoms with Crippen molar-refractivity contribution in [2.75, 3.05) is 0 Å². The normalized spacial score (nSPS) is 10.9. The van der Waals surface area contributed by atoms with Crippen LogP contribution in [-0.4, -0.2) is 16.1 Å². The Morgan fingerprint density at radius 1 is 1.44 bits per heavy atom. The molecule has 4 heteroatoms. The molecule has 0 saturated carbocycles. The van der Waals surface area contributed by atoms with E-state index in [2.05, 4.69) is 4.98 Å². The minimum Gasteiger partial charge on any atom is -0.481 e. The van der Waals surface area contributed by atoms with E-state index in [9.17, 15) is 4.79 Å². The Labute approximate surface area is 92.9 Å². The van der Waals surface area contributed by atoms with Crippen LogP contribution in [0, 0.1) is 13.8 Å². The number of hydrogen-bond donors (Lipinski definition) is 1. The molecule has 2 aromatic rings. The van der Waals surface area contributed by atoms with Crippen molar-refractivity contribution in [3.05, 3.63) is 29.2 Å². The van der Waals surface area contributed by atoms with Gasteiger partial charge in [0.1, 0.15) is 5.52 Å². The zero-order valence-electron chi connectivity index (χ0n) is 9.28. The summed E-state index contributed by atoms with van der Waals surface area (Å²) < 4.78 is 5.56. The largest absolute Gasteiger partial charge is 0.481 e. The second-order valence-electron chi connectivity index (χ2n) is 3.86. The molecule has 0 amide bonds. The smallest absolute Gasteiger partial charge is 0.303 e. The van der Waals surface area contributed by atoms with E-state index in [1.807, 2.05) is 26.0 Å². The number of benzene rings is 1. The summed E-state index contributed by atoms with van der Waals surface area (Å²) >= 11 is 0. The molecule has 0 aliphatic carbocycles. The van der Waals surface area contributed by atoms with Gasteiger partial charge in [0.25, 0.3) is 0 Å². The van der Waals surface area contributed by atoms with Crippen molar-refractivity contribution in [1.82, 2.24) is 4.98 Å². The second kappa shape index (κ2) is 3.96. The van der Waals surface area contributed by atoms with Crippen LogP contribution in [0.1, 0.15) is 23.4 Å². The van der Waals surface area contributed by atoms with Gasteiger partial charge < -0.3 is 9.52 Å². The molecule has 0 fully saturated rings. The second-order valence-corrected chi connectivity index (χ2v) is 3.86. The van der Waals surface area contributed by atoms with Gasteiger partial charge in [-0.05, 0) is 31.0 Å². The maximum atomic E-state index is 10.4. The highest BCUT2D eigenvalue weighted by Gasteiger charge is 2.10. The molecule has 0 spiro atoms. The molecule has 1 N–H and O–H groups in total. The van der Waals surface area contributed by atoms with E-state index in [1.165, 1.54) is 0 Å². The summed E-state index contributed by atoms with van der Waals surface area (Å²) in [7, 11) is 0. The molecule has 1 heterocycles. The summed E-state index contributed by atoms with van der Waals surface area (Å²) in [6, 6.07) is 3.88. The summed E-state index contributed by atoms with van der Waals surface area (Å²) in [4.78, 5) is 14.7. The lowest BCUT2D eigenvalue weighted by Gasteiger charge is -1.97. The Bertz CT molecular complexity index is 542. The van der Waals surface area contributed by atoms with E-state index in [-0.39, 0.29) is 6.42 Å². The first kappa shape index (κ1) is 10.7. The maximum absolute atomic E-state index is 10.4. The van der Waals surface area contributed by atoms with Crippen LogP contribution in [-0.2, 0) is 11.2 Å². The third-order valence-corrected chi connectivity index (χ3v) is 2.67. The Morgan fingerprint density at radius 2 is 2.19 bits per heavy atom. The molecule has 0 radical (unpaired) electrons. The first-order valence-corrected chi connectivity index (χ1v) is 5.15. The third kappa shape index (κ3) is 1.91. The van der Waals surface area contributed by atoms with E-state index < -0.39 is 5.97 Å². The van der Waals surface area contributed by atoms with Crippen LogP contribution in [0.25, 0.3) is 11.1 Å². The van der Waals surface area contributed by atoms with Crippen LogP contribution < -0.4 is 0 Å². The number of hydrogen-bond acceptors (Lipinski definition) is 3. The molecule has 1 aromatic carbocycles. The number of nitrogens with zero attached hydrogens (tertiary/aromatic N) is 1. The molecule has 84 valence electrons. The summed E-state index contributed by atoms with van der Waals surface area (Å²) in [5.74, 6) is -0.346. The van der Waals surface area contributed by atoms with E-state index in [4.69, 9.17) is 9.52 Å². The highest BCUT2D eigenvalue weighted by Crippen LogP contribution is 2.22. The molecular formula is C12H13NO3. The van der Waals surface area contributed by atoms with Crippen LogP contribution in [0.2, 0.25) is 0 Å². The minimum atomic E-state index is -0.838. The molecular weight excluding hydrogens is 206 g/mol. The zero-order chi connectivity index (χ0) is 11.7. The van der Waals surface area contributed by atoms with Gasteiger partial charge in [0.15, 0.2) is 11.5 Å². The predicted molar refractivity (Wildman–Crippen MR) is 59.4 cm³/mol. The lowest BCUT2D eigenvalue weighted by atomic mass is 10.1. The van der Waals surface area contributed by atoms with Gasteiger partial charge in [-0.25, -0.2) is 4.98 Å². The molecule has 0 bridgehead atoms. The molecule has 4 nitrogen and oxygen atoms in total. The van der Waals surface area contributed by atoms with Crippen molar-refractivity contribution in [3.8, 4) is 0 Å². The molecule has 0 unspecified atom stereocenters. The average Bonchev–Trinajstić information content (AvgIpc) is 2.64. The Hall–Kier alpha value is -1.84. The Morgan fingerprint density at radius 3 is 2.88 bits per heavy atom. The van der Waals surface area contributed by atoms with Crippen LogP contribution in [0.4, 0.5) is 0 Å². The number of carboxylic acids is 1. The third-order valence-electron chi connectivity index (χ3n) is 2.67. The SMILES string of the molecule is Cc1ccc2nc(CCC(=O)O)oc2c1C. The Kier molecular flexibility index (Phi) is 2.64. The zero-order valence-corrected chi connectivity index (χ0v) is 9.28. The molecule has 0 saturated heterocycles. The summed E-state index contributed by atoms with van der Waals surface area (Å²) in [5, 5.41) is 8.58. The van der Waals surface area contributed by atoms with Crippen molar-refractivity contribution < 1.29 is 14.3 Å². The lowest BCUT2D eigenvalue weighted by molar-refractivity contribution is -0.137. The number of carbonyl (C=O) groups is 1. The van der Waals surface area contributed by atoms with Crippen molar-refractivity contribution in [2.45, 2.75) is 26.7 Å². The van der Waals surface area contributed by atoms with Crippen LogP contribution in [0.15, 0.2) is 16.5 Å². The maximum Gasteiger partial charge on any atom is 0.303 e. The van der Waals surface area contributed by atoms with Crippen LogP contribution >= 0.6 is 0 Å². The van der Waals surface area contributed by atoms with Crippen molar-refractivity contribution in [2.24, 2.45) is 0 Å². The molecule has 0 aliphatic rings. The van der Waals surface area contributed by atoms with E-state index >= 15 is 0 Å². The number of carboxylic acid groups (broad SMARTS) is 1. The standard InChI is InChI=1S/C12H13NO3/c1-7-3-4-9-12(8(7)2)16-10(13-9)5-6-11(14)15/h3-4H,5-6H2,1-2H3,(H,14,15). The Balaban J connectivity index is 2.36. The molecule has 0 atom stereocenters. The van der Waals surface area contributed by atoms with Gasteiger partial charge in [-0.15, -0.1) is 0 Å². The number of rotatable bonds is 3. The molecule has 2 rings (SSSR count). The highest BCUT2D eigenvalue weighted by molar-refractivity contribution is 5.77. The van der Waals surface area contributed by atoms with Crippen LogP contribution in [0.3, 0.4) is 0 Å². The topological polar surface area (TPSA) is 63.3 Å². The van der Waals surface area contributed by atoms with Crippen LogP contribution in [0.5, 0.6) is 0 Å². The van der Waals surface area contributed by atoms with Gasteiger partial charge in [-0.2, -0.15) is 0 Å². The lowest BCUT2D eigenvalue weighted by Crippen LogP contribution is -1.97. The fraction of sp³-hybridized carbons (Fsp3) is 0.333. The van der Waals surface area contributed by atoms with E-state index in [0.717, 1.165) is 22.2 Å². The van der Waals surface area contributed by atoms with E-state index in [0.29, 0.717) is 12.3 Å². The molecule has 16 heavy (non-hydrogen) atoms. The van der Waals surface area contributed by atoms with E-state index in [1.54, 1.807) is 0 Å². The first-order chi connectivity index (χ1) is 7.58. The van der Waals surface area contributed by atoms with Gasteiger partial charge in [-0.1, -0.05) is 6.07 Å². The average molecular weight is 219 g/mol. The summed E-state index contributed by atoms with van der Waals surface area (Å²) in [6.45, 7) is 3.98. The van der Waals surface area contributed by atoms with Crippen molar-refractivity contribution in [3.63, 3.8) is 0 Å². The number of aryl methyl sites for hydroxylation is 3. The van der Waals surface area contributed by atoms with Gasteiger partial charge in [-0.3, -0.25) is 4.79 Å². The summed E-state index contributed by atoms with van der Waals surface area (Å²) in [6.07, 6.45) is 0.382. The first-order valence-electron chi connectivity index (χ1n) is 5.15. The van der Waals surface area contributed by atoms with Crippen molar-refractivity contribution in [1.29, 1.82) is 0 Å². The fourth-order valence-corrected chi connectivity index (χ4v) is 1.59. The minimum absolute atomic E-state index is 0.0465. The molecule has 0 aliphatic heterocycles.